The van der Waals surface area contributed by atoms with Crippen molar-refractivity contribution in [3.63, 3.8) is 0 Å². The SMILES string of the molecule is Cc1cc(C(=O)N2CCCc3cc(Cl)cc(F)c32)c2ccccc2n1. The number of rotatable bonds is 1. The number of pyridine rings is 1. The summed E-state index contributed by atoms with van der Waals surface area (Å²) in [6.07, 6.45) is 1.49. The highest BCUT2D eigenvalue weighted by molar-refractivity contribution is 6.30. The minimum absolute atomic E-state index is 0.205. The Bertz CT molecular complexity index is 1000. The molecule has 1 aromatic heterocycles. The zero-order chi connectivity index (χ0) is 17.6. The van der Waals surface area contributed by atoms with Crippen molar-refractivity contribution in [1.29, 1.82) is 0 Å². The first-order chi connectivity index (χ1) is 12.0. The Morgan fingerprint density at radius 3 is 2.88 bits per heavy atom. The van der Waals surface area contributed by atoms with Gasteiger partial charge in [-0.05, 0) is 49.6 Å². The zero-order valence-corrected chi connectivity index (χ0v) is 14.5. The predicted octanol–water partition coefficient (Wildman–Crippen LogP) is 4.93. The van der Waals surface area contributed by atoms with E-state index in [0.717, 1.165) is 28.6 Å². The number of halogens is 2. The Balaban J connectivity index is 1.87. The lowest BCUT2D eigenvalue weighted by Crippen LogP contribution is -2.36. The molecule has 1 aliphatic rings. The number of carbonyl (C=O) groups is 1. The number of amides is 1. The van der Waals surface area contributed by atoms with E-state index in [1.54, 1.807) is 12.1 Å². The normalized spacial score (nSPS) is 13.8. The second kappa shape index (κ2) is 6.12. The number of hydrogen-bond acceptors (Lipinski definition) is 2. The van der Waals surface area contributed by atoms with Crippen molar-refractivity contribution < 1.29 is 9.18 Å². The molecule has 1 amide bonds. The Morgan fingerprint density at radius 1 is 1.24 bits per heavy atom. The molecule has 2 aromatic carbocycles. The van der Waals surface area contributed by atoms with Crippen LogP contribution in [0.4, 0.5) is 10.1 Å². The van der Waals surface area contributed by atoms with Crippen LogP contribution in [0, 0.1) is 12.7 Å². The number of aromatic nitrogens is 1. The van der Waals surface area contributed by atoms with E-state index in [-0.39, 0.29) is 5.91 Å². The summed E-state index contributed by atoms with van der Waals surface area (Å²) in [5.41, 5.74) is 3.19. The van der Waals surface area contributed by atoms with Crippen molar-refractivity contribution in [1.82, 2.24) is 4.98 Å². The van der Waals surface area contributed by atoms with E-state index >= 15 is 0 Å². The van der Waals surface area contributed by atoms with Crippen molar-refractivity contribution >= 4 is 34.1 Å². The molecule has 0 bridgehead atoms. The van der Waals surface area contributed by atoms with E-state index in [2.05, 4.69) is 4.98 Å². The Kier molecular flexibility index (Phi) is 3.92. The van der Waals surface area contributed by atoms with Gasteiger partial charge >= 0.3 is 0 Å². The molecule has 25 heavy (non-hydrogen) atoms. The monoisotopic (exact) mass is 354 g/mol. The van der Waals surface area contributed by atoms with Crippen molar-refractivity contribution in [2.24, 2.45) is 0 Å². The number of nitrogens with zero attached hydrogens (tertiary/aromatic N) is 2. The maximum atomic E-state index is 14.6. The lowest BCUT2D eigenvalue weighted by molar-refractivity contribution is 0.0985. The molecular formula is C20H16ClFN2O. The average Bonchev–Trinajstić information content (AvgIpc) is 2.59. The molecule has 3 nitrogen and oxygen atoms in total. The van der Waals surface area contributed by atoms with E-state index < -0.39 is 5.82 Å². The molecule has 0 saturated carbocycles. The minimum Gasteiger partial charge on any atom is -0.305 e. The van der Waals surface area contributed by atoms with E-state index in [1.807, 2.05) is 31.2 Å². The molecule has 0 atom stereocenters. The van der Waals surface area contributed by atoms with Crippen molar-refractivity contribution in [2.45, 2.75) is 19.8 Å². The van der Waals surface area contributed by atoms with Gasteiger partial charge in [0.25, 0.3) is 5.91 Å². The van der Waals surface area contributed by atoms with Crippen LogP contribution >= 0.6 is 11.6 Å². The summed E-state index contributed by atoms with van der Waals surface area (Å²) in [5.74, 6) is -0.658. The summed E-state index contributed by atoms with van der Waals surface area (Å²) in [4.78, 5) is 19.3. The molecule has 1 aliphatic heterocycles. The maximum Gasteiger partial charge on any atom is 0.259 e. The molecule has 126 valence electrons. The van der Waals surface area contributed by atoms with Gasteiger partial charge < -0.3 is 4.90 Å². The van der Waals surface area contributed by atoms with Crippen LogP contribution in [0.15, 0.2) is 42.5 Å². The predicted molar refractivity (Wildman–Crippen MR) is 97.9 cm³/mol. The van der Waals surface area contributed by atoms with Gasteiger partial charge in [-0.1, -0.05) is 29.8 Å². The molecule has 4 rings (SSSR count). The molecule has 0 unspecified atom stereocenters. The highest BCUT2D eigenvalue weighted by atomic mass is 35.5. The molecule has 0 N–H and O–H groups in total. The quantitative estimate of drug-likeness (QED) is 0.621. The second-order valence-corrected chi connectivity index (χ2v) is 6.72. The molecule has 3 aromatic rings. The maximum absolute atomic E-state index is 14.6. The molecule has 0 saturated heterocycles. The lowest BCUT2D eigenvalue weighted by atomic mass is 9.99. The fourth-order valence-corrected chi connectivity index (χ4v) is 3.71. The summed E-state index contributed by atoms with van der Waals surface area (Å²) in [5, 5.41) is 1.13. The Hall–Kier alpha value is -2.46. The number of fused-ring (bicyclic) bond motifs is 2. The smallest absolute Gasteiger partial charge is 0.259 e. The summed E-state index contributed by atoms with van der Waals surface area (Å²) < 4.78 is 14.6. The number of benzene rings is 2. The van der Waals surface area contributed by atoms with Crippen LogP contribution in [0.3, 0.4) is 0 Å². The molecule has 2 heterocycles. The summed E-state index contributed by atoms with van der Waals surface area (Å²) in [6.45, 7) is 2.34. The lowest BCUT2D eigenvalue weighted by Gasteiger charge is -2.30. The second-order valence-electron chi connectivity index (χ2n) is 6.28. The third-order valence-electron chi connectivity index (χ3n) is 4.52. The topological polar surface area (TPSA) is 33.2 Å². The standard InChI is InChI=1S/C20H16ClFN2O/c1-12-9-16(15-6-2-3-7-18(15)23-12)20(25)24-8-4-5-13-10-14(21)11-17(22)19(13)24/h2-3,6-7,9-11H,4-5,8H2,1H3. The van der Waals surface area contributed by atoms with Gasteiger partial charge in [0.2, 0.25) is 0 Å². The van der Waals surface area contributed by atoms with Gasteiger partial charge in [0, 0.05) is 22.6 Å². The fraction of sp³-hybridized carbons (Fsp3) is 0.200. The molecule has 5 heteroatoms. The summed E-state index contributed by atoms with van der Waals surface area (Å²) in [7, 11) is 0. The number of anilines is 1. The van der Waals surface area contributed by atoms with Crippen LogP contribution in [0.25, 0.3) is 10.9 Å². The number of para-hydroxylation sites is 1. The van der Waals surface area contributed by atoms with E-state index in [1.165, 1.54) is 11.0 Å². The van der Waals surface area contributed by atoms with Gasteiger partial charge in [-0.25, -0.2) is 4.39 Å². The van der Waals surface area contributed by atoms with Crippen molar-refractivity contribution in [3.8, 4) is 0 Å². The first-order valence-electron chi connectivity index (χ1n) is 8.21. The van der Waals surface area contributed by atoms with Crippen molar-refractivity contribution in [2.75, 3.05) is 11.4 Å². The fourth-order valence-electron chi connectivity index (χ4n) is 3.48. The highest BCUT2D eigenvalue weighted by Crippen LogP contribution is 2.34. The Morgan fingerprint density at radius 2 is 2.04 bits per heavy atom. The number of carbonyl (C=O) groups excluding carboxylic acids is 1. The van der Waals surface area contributed by atoms with Crippen LogP contribution in [0.2, 0.25) is 5.02 Å². The molecule has 0 aliphatic carbocycles. The summed E-state index contributed by atoms with van der Waals surface area (Å²) >= 11 is 5.97. The van der Waals surface area contributed by atoms with Crippen molar-refractivity contribution in [3.05, 3.63) is 70.1 Å². The van der Waals surface area contributed by atoms with E-state index in [0.29, 0.717) is 29.2 Å². The van der Waals surface area contributed by atoms with Crippen LogP contribution < -0.4 is 4.90 Å². The van der Waals surface area contributed by atoms with Crippen LogP contribution in [-0.4, -0.2) is 17.4 Å². The van der Waals surface area contributed by atoms with Gasteiger partial charge in [-0.3, -0.25) is 9.78 Å². The van der Waals surface area contributed by atoms with Gasteiger partial charge in [-0.15, -0.1) is 0 Å². The largest absolute Gasteiger partial charge is 0.305 e. The van der Waals surface area contributed by atoms with Crippen LogP contribution in [-0.2, 0) is 6.42 Å². The average molecular weight is 355 g/mol. The van der Waals surface area contributed by atoms with E-state index in [4.69, 9.17) is 11.6 Å². The molecule has 0 fully saturated rings. The number of aryl methyl sites for hydroxylation is 2. The van der Waals surface area contributed by atoms with Crippen LogP contribution in [0.5, 0.6) is 0 Å². The first kappa shape index (κ1) is 16.0. The molecular weight excluding hydrogens is 339 g/mol. The van der Waals surface area contributed by atoms with Gasteiger partial charge in [-0.2, -0.15) is 0 Å². The van der Waals surface area contributed by atoms with Crippen LogP contribution in [0.1, 0.15) is 28.0 Å². The summed E-state index contributed by atoms with van der Waals surface area (Å²) in [6, 6.07) is 12.3. The Labute approximate surface area is 150 Å². The van der Waals surface area contributed by atoms with E-state index in [9.17, 15) is 9.18 Å². The zero-order valence-electron chi connectivity index (χ0n) is 13.7. The highest BCUT2D eigenvalue weighted by Gasteiger charge is 2.28. The first-order valence-corrected chi connectivity index (χ1v) is 8.58. The molecule has 0 spiro atoms. The van der Waals surface area contributed by atoms with Gasteiger partial charge in [0.15, 0.2) is 0 Å². The third kappa shape index (κ3) is 2.76. The third-order valence-corrected chi connectivity index (χ3v) is 4.74. The molecule has 0 radical (unpaired) electrons. The van der Waals surface area contributed by atoms with Gasteiger partial charge in [0.1, 0.15) is 5.82 Å². The van der Waals surface area contributed by atoms with Gasteiger partial charge in [0.05, 0.1) is 16.8 Å². The number of hydrogen-bond donors (Lipinski definition) is 0. The minimum atomic E-state index is -0.453.